The summed E-state index contributed by atoms with van der Waals surface area (Å²) in [6, 6.07) is 4.43. The van der Waals surface area contributed by atoms with Gasteiger partial charge in [0.2, 0.25) is 5.91 Å². The molecule has 20 heavy (non-hydrogen) atoms. The van der Waals surface area contributed by atoms with Gasteiger partial charge in [-0.15, -0.1) is 11.3 Å². The van der Waals surface area contributed by atoms with Gasteiger partial charge in [0.05, 0.1) is 6.04 Å². The third-order valence-electron chi connectivity index (χ3n) is 4.07. The van der Waals surface area contributed by atoms with Crippen LogP contribution in [-0.2, 0) is 4.79 Å². The number of thiophene rings is 1. The summed E-state index contributed by atoms with van der Waals surface area (Å²) >= 11 is 1.72. The maximum atomic E-state index is 12.7. The second-order valence-electron chi connectivity index (χ2n) is 6.04. The van der Waals surface area contributed by atoms with Crippen LogP contribution in [0.4, 0.5) is 0 Å². The van der Waals surface area contributed by atoms with E-state index in [1.54, 1.807) is 11.3 Å². The Balaban J connectivity index is 2.21. The minimum Gasteiger partial charge on any atom is -0.318 e. The highest BCUT2D eigenvalue weighted by atomic mass is 32.1. The van der Waals surface area contributed by atoms with Crippen LogP contribution in [0.1, 0.15) is 58.0 Å². The van der Waals surface area contributed by atoms with Gasteiger partial charge in [0, 0.05) is 10.9 Å². The van der Waals surface area contributed by atoms with E-state index in [0.29, 0.717) is 12.0 Å². The quantitative estimate of drug-likeness (QED) is 0.866. The van der Waals surface area contributed by atoms with Crippen molar-refractivity contribution in [3.8, 4) is 0 Å². The van der Waals surface area contributed by atoms with Crippen molar-refractivity contribution in [2.24, 2.45) is 5.92 Å². The highest BCUT2D eigenvalue weighted by molar-refractivity contribution is 7.10. The lowest BCUT2D eigenvalue weighted by molar-refractivity contribution is -0.132. The van der Waals surface area contributed by atoms with Gasteiger partial charge in [0.15, 0.2) is 0 Å². The highest BCUT2D eigenvalue weighted by Crippen LogP contribution is 2.33. The summed E-state index contributed by atoms with van der Waals surface area (Å²) in [4.78, 5) is 16.0. The van der Waals surface area contributed by atoms with Crippen molar-refractivity contribution in [1.29, 1.82) is 0 Å². The van der Waals surface area contributed by atoms with Crippen LogP contribution in [0.3, 0.4) is 0 Å². The minimum absolute atomic E-state index is 0.0498. The first-order valence-corrected chi connectivity index (χ1v) is 8.55. The van der Waals surface area contributed by atoms with Gasteiger partial charge in [0.25, 0.3) is 0 Å². The molecule has 2 heterocycles. The SMILES string of the molecule is CCCCC(C)N1C(=O)C(C(C)C)NC1c1cccs1. The Kier molecular flexibility index (Phi) is 5.22. The molecule has 0 aliphatic carbocycles. The number of unbranched alkanes of at least 4 members (excludes halogenated alkanes) is 1. The fourth-order valence-corrected chi connectivity index (χ4v) is 3.65. The molecule has 1 saturated heterocycles. The Bertz CT molecular complexity index is 430. The van der Waals surface area contributed by atoms with Crippen molar-refractivity contribution in [2.75, 3.05) is 0 Å². The molecule has 1 fully saturated rings. The highest BCUT2D eigenvalue weighted by Gasteiger charge is 2.43. The van der Waals surface area contributed by atoms with Crippen LogP contribution in [0, 0.1) is 5.92 Å². The lowest BCUT2D eigenvalue weighted by Crippen LogP contribution is -2.39. The molecule has 4 heteroatoms. The maximum absolute atomic E-state index is 12.7. The monoisotopic (exact) mass is 294 g/mol. The van der Waals surface area contributed by atoms with Crippen LogP contribution in [-0.4, -0.2) is 22.9 Å². The van der Waals surface area contributed by atoms with Gasteiger partial charge < -0.3 is 4.90 Å². The number of carbonyl (C=O) groups excluding carboxylic acids is 1. The molecule has 1 aromatic rings. The van der Waals surface area contributed by atoms with Gasteiger partial charge in [-0.2, -0.15) is 0 Å². The molecule has 0 radical (unpaired) electrons. The van der Waals surface area contributed by atoms with Gasteiger partial charge >= 0.3 is 0 Å². The molecule has 0 saturated carbocycles. The number of amides is 1. The zero-order valence-electron chi connectivity index (χ0n) is 12.9. The Morgan fingerprint density at radius 1 is 1.40 bits per heavy atom. The molecule has 1 aliphatic heterocycles. The van der Waals surface area contributed by atoms with Gasteiger partial charge in [-0.05, 0) is 30.7 Å². The summed E-state index contributed by atoms with van der Waals surface area (Å²) in [6.07, 6.45) is 3.49. The van der Waals surface area contributed by atoms with E-state index in [9.17, 15) is 4.79 Å². The average molecular weight is 294 g/mol. The third kappa shape index (κ3) is 3.07. The molecule has 2 rings (SSSR count). The van der Waals surface area contributed by atoms with Crippen molar-refractivity contribution in [3.05, 3.63) is 22.4 Å². The summed E-state index contributed by atoms with van der Waals surface area (Å²) in [5.41, 5.74) is 0. The van der Waals surface area contributed by atoms with Crippen LogP contribution in [0.5, 0.6) is 0 Å². The molecule has 3 atom stereocenters. The van der Waals surface area contributed by atoms with Crippen LogP contribution in [0.15, 0.2) is 17.5 Å². The summed E-state index contributed by atoms with van der Waals surface area (Å²) in [5, 5.41) is 5.62. The van der Waals surface area contributed by atoms with E-state index in [-0.39, 0.29) is 18.1 Å². The van der Waals surface area contributed by atoms with Crippen LogP contribution in [0.25, 0.3) is 0 Å². The minimum atomic E-state index is -0.0498. The number of carbonyl (C=O) groups is 1. The molecule has 3 unspecified atom stereocenters. The van der Waals surface area contributed by atoms with Crippen molar-refractivity contribution >= 4 is 17.2 Å². The van der Waals surface area contributed by atoms with Gasteiger partial charge in [-0.25, -0.2) is 0 Å². The molecule has 1 aromatic heterocycles. The molecule has 0 bridgehead atoms. The van der Waals surface area contributed by atoms with Gasteiger partial charge in [-0.1, -0.05) is 39.7 Å². The molecule has 3 nitrogen and oxygen atoms in total. The van der Waals surface area contributed by atoms with Crippen LogP contribution < -0.4 is 5.32 Å². The predicted octanol–water partition coefficient (Wildman–Crippen LogP) is 3.78. The molecular weight excluding hydrogens is 268 g/mol. The Hall–Kier alpha value is -0.870. The van der Waals surface area contributed by atoms with E-state index < -0.39 is 0 Å². The first-order valence-electron chi connectivity index (χ1n) is 7.67. The van der Waals surface area contributed by atoms with Crippen LogP contribution >= 0.6 is 11.3 Å². The molecule has 1 amide bonds. The molecule has 1 N–H and O–H groups in total. The lowest BCUT2D eigenvalue weighted by Gasteiger charge is -2.30. The zero-order chi connectivity index (χ0) is 14.7. The number of hydrogen-bond acceptors (Lipinski definition) is 3. The molecular formula is C16H26N2OS. The van der Waals surface area contributed by atoms with Crippen molar-refractivity contribution in [3.63, 3.8) is 0 Å². The van der Waals surface area contributed by atoms with E-state index in [4.69, 9.17) is 0 Å². The predicted molar refractivity (Wildman–Crippen MR) is 84.7 cm³/mol. The molecule has 1 aliphatic rings. The van der Waals surface area contributed by atoms with E-state index >= 15 is 0 Å². The fraction of sp³-hybridized carbons (Fsp3) is 0.688. The first-order chi connectivity index (χ1) is 9.56. The maximum Gasteiger partial charge on any atom is 0.241 e. The zero-order valence-corrected chi connectivity index (χ0v) is 13.7. The molecule has 0 spiro atoms. The normalized spacial score (nSPS) is 24.6. The molecule has 112 valence electrons. The lowest BCUT2D eigenvalue weighted by atomic mass is 10.0. The Morgan fingerprint density at radius 2 is 2.15 bits per heavy atom. The summed E-state index contributed by atoms with van der Waals surface area (Å²) in [5.74, 6) is 0.593. The third-order valence-corrected chi connectivity index (χ3v) is 4.99. The van der Waals surface area contributed by atoms with Gasteiger partial charge in [-0.3, -0.25) is 10.1 Å². The fourth-order valence-electron chi connectivity index (χ4n) is 2.86. The van der Waals surface area contributed by atoms with E-state index in [1.165, 1.54) is 17.7 Å². The standard InChI is InChI=1S/C16H26N2OS/c1-5-6-8-12(4)18-15(13-9-7-10-20-13)17-14(11(2)3)16(18)19/h7,9-12,14-15,17H,5-6,8H2,1-4H3. The van der Waals surface area contributed by atoms with E-state index in [1.807, 2.05) is 0 Å². The van der Waals surface area contributed by atoms with E-state index in [0.717, 1.165) is 6.42 Å². The van der Waals surface area contributed by atoms with Gasteiger partial charge in [0.1, 0.15) is 6.17 Å². The van der Waals surface area contributed by atoms with Crippen molar-refractivity contribution < 1.29 is 4.79 Å². The Labute approximate surface area is 126 Å². The largest absolute Gasteiger partial charge is 0.318 e. The second kappa shape index (κ2) is 6.72. The van der Waals surface area contributed by atoms with Crippen molar-refractivity contribution in [1.82, 2.24) is 10.2 Å². The summed E-state index contributed by atoms with van der Waals surface area (Å²) in [6.45, 7) is 8.60. The number of rotatable bonds is 6. The summed E-state index contributed by atoms with van der Waals surface area (Å²) < 4.78 is 0. The number of hydrogen-bond donors (Lipinski definition) is 1. The topological polar surface area (TPSA) is 32.3 Å². The Morgan fingerprint density at radius 3 is 2.70 bits per heavy atom. The smallest absolute Gasteiger partial charge is 0.241 e. The number of nitrogens with zero attached hydrogens (tertiary/aromatic N) is 1. The van der Waals surface area contributed by atoms with Crippen molar-refractivity contribution in [2.45, 2.75) is 65.2 Å². The first kappa shape index (κ1) is 15.5. The second-order valence-corrected chi connectivity index (χ2v) is 7.02. The molecule has 0 aromatic carbocycles. The summed E-state index contributed by atoms with van der Waals surface area (Å²) in [7, 11) is 0. The van der Waals surface area contributed by atoms with Crippen LogP contribution in [0.2, 0.25) is 0 Å². The van der Waals surface area contributed by atoms with E-state index in [2.05, 4.69) is 55.4 Å². The average Bonchev–Trinajstić information content (AvgIpc) is 3.02. The number of nitrogens with one attached hydrogen (secondary N) is 1.